The highest BCUT2D eigenvalue weighted by Gasteiger charge is 2.34. The van der Waals surface area contributed by atoms with Crippen molar-refractivity contribution in [2.75, 3.05) is 6.54 Å². The van der Waals surface area contributed by atoms with E-state index in [1.54, 1.807) is 41.5 Å². The van der Waals surface area contributed by atoms with Crippen LogP contribution in [0.5, 0.6) is 0 Å². The number of aryl methyl sites for hydroxylation is 1. The van der Waals surface area contributed by atoms with E-state index in [0.29, 0.717) is 40.3 Å². The lowest BCUT2D eigenvalue weighted by molar-refractivity contribution is -0.138. The van der Waals surface area contributed by atoms with Gasteiger partial charge in [0, 0.05) is 42.2 Å². The highest BCUT2D eigenvalue weighted by atomic mass is 19.4. The smallest absolute Gasteiger partial charge is 0.416 e. The number of aliphatic carboxylic acids is 1. The second kappa shape index (κ2) is 8.53. The van der Waals surface area contributed by atoms with Crippen molar-refractivity contribution in [3.05, 3.63) is 59.0 Å². The van der Waals surface area contributed by atoms with Crippen LogP contribution < -0.4 is 0 Å². The van der Waals surface area contributed by atoms with E-state index in [2.05, 4.69) is 4.98 Å². The number of amides is 1. The Hall–Kier alpha value is -3.36. The number of carbonyl (C=O) groups is 2. The van der Waals surface area contributed by atoms with E-state index in [9.17, 15) is 27.9 Å². The first-order chi connectivity index (χ1) is 15.6. The summed E-state index contributed by atoms with van der Waals surface area (Å²) in [7, 11) is 0. The number of hydrogen-bond donors (Lipinski definition) is 1. The number of fused-ring (bicyclic) bond motifs is 1. The van der Waals surface area contributed by atoms with Gasteiger partial charge in [-0.3, -0.25) is 9.59 Å². The zero-order valence-electron chi connectivity index (χ0n) is 18.3. The first-order valence-electron chi connectivity index (χ1n) is 10.8. The first kappa shape index (κ1) is 22.8. The summed E-state index contributed by atoms with van der Waals surface area (Å²) >= 11 is 0. The van der Waals surface area contributed by atoms with Crippen molar-refractivity contribution in [3.63, 3.8) is 0 Å². The summed E-state index contributed by atoms with van der Waals surface area (Å²) in [5.41, 5.74) is 2.20. The third-order valence-electron chi connectivity index (χ3n) is 5.87. The van der Waals surface area contributed by atoms with Gasteiger partial charge >= 0.3 is 12.1 Å². The number of alkyl halides is 3. The van der Waals surface area contributed by atoms with Crippen molar-refractivity contribution in [2.45, 2.75) is 45.8 Å². The first-order valence-corrected chi connectivity index (χ1v) is 10.8. The summed E-state index contributed by atoms with van der Waals surface area (Å²) in [4.78, 5) is 30.2. The molecule has 0 unspecified atom stereocenters. The molecular weight excluding hydrogens is 435 g/mol. The molecule has 4 rings (SSSR count). The van der Waals surface area contributed by atoms with Crippen molar-refractivity contribution < 1.29 is 27.9 Å². The predicted octanol–water partition coefficient (Wildman–Crippen LogP) is 4.71. The molecular formula is C24H24F3N3O3. The van der Waals surface area contributed by atoms with Gasteiger partial charge in [0.25, 0.3) is 0 Å². The predicted molar refractivity (Wildman–Crippen MR) is 116 cm³/mol. The van der Waals surface area contributed by atoms with E-state index in [-0.39, 0.29) is 24.8 Å². The second-order valence-corrected chi connectivity index (χ2v) is 8.38. The number of benzene rings is 1. The lowest BCUT2D eigenvalue weighted by atomic mass is 9.97. The van der Waals surface area contributed by atoms with Crippen molar-refractivity contribution in [1.29, 1.82) is 0 Å². The minimum Gasteiger partial charge on any atom is -0.481 e. The summed E-state index contributed by atoms with van der Waals surface area (Å²) in [6.07, 6.45) is -1.48. The third-order valence-corrected chi connectivity index (χ3v) is 5.87. The Balaban J connectivity index is 1.88. The molecule has 174 valence electrons. The topological polar surface area (TPSA) is 74.9 Å². The summed E-state index contributed by atoms with van der Waals surface area (Å²) < 4.78 is 42.2. The van der Waals surface area contributed by atoms with Crippen LogP contribution in [0.3, 0.4) is 0 Å². The molecule has 2 heterocycles. The van der Waals surface area contributed by atoms with Gasteiger partial charge in [0.2, 0.25) is 5.91 Å². The molecule has 6 nitrogen and oxygen atoms in total. The summed E-state index contributed by atoms with van der Waals surface area (Å²) in [5, 5.41) is 9.31. The largest absolute Gasteiger partial charge is 0.481 e. The fourth-order valence-corrected chi connectivity index (χ4v) is 4.03. The maximum atomic E-state index is 13.5. The molecule has 0 aliphatic heterocycles. The van der Waals surface area contributed by atoms with Gasteiger partial charge in [0.15, 0.2) is 0 Å². The summed E-state index contributed by atoms with van der Waals surface area (Å²) in [5.74, 6) is -1.13. The number of carboxylic acid groups (broad SMARTS) is 1. The molecule has 1 aliphatic rings. The van der Waals surface area contributed by atoms with Gasteiger partial charge in [-0.15, -0.1) is 0 Å². The summed E-state index contributed by atoms with van der Waals surface area (Å²) in [6.45, 7) is 4.00. The highest BCUT2D eigenvalue weighted by Crippen LogP contribution is 2.37. The Labute approximate surface area is 188 Å². The van der Waals surface area contributed by atoms with E-state index in [4.69, 9.17) is 0 Å². The zero-order chi connectivity index (χ0) is 23.9. The Morgan fingerprint density at radius 3 is 2.52 bits per heavy atom. The lowest BCUT2D eigenvalue weighted by Crippen LogP contribution is -2.31. The van der Waals surface area contributed by atoms with E-state index >= 15 is 0 Å². The fourth-order valence-electron chi connectivity index (χ4n) is 4.03. The van der Waals surface area contributed by atoms with Crippen molar-refractivity contribution >= 4 is 17.5 Å². The van der Waals surface area contributed by atoms with E-state index in [1.807, 2.05) is 0 Å². The molecule has 0 spiro atoms. The molecule has 0 atom stereocenters. The fraction of sp³-hybridized carbons (Fsp3) is 0.375. The van der Waals surface area contributed by atoms with Crippen LogP contribution in [0, 0.1) is 12.8 Å². The van der Waals surface area contributed by atoms with E-state index in [1.165, 1.54) is 6.07 Å². The average Bonchev–Trinajstić information content (AvgIpc) is 3.54. The molecule has 1 aliphatic carbocycles. The van der Waals surface area contributed by atoms with Gasteiger partial charge < -0.3 is 14.4 Å². The number of hydrogen-bond acceptors (Lipinski definition) is 3. The van der Waals surface area contributed by atoms with Crippen LogP contribution >= 0.6 is 0 Å². The van der Waals surface area contributed by atoms with Crippen LogP contribution in [-0.2, 0) is 28.7 Å². The van der Waals surface area contributed by atoms with Crippen LogP contribution in [0.1, 0.15) is 42.3 Å². The van der Waals surface area contributed by atoms with Crippen LogP contribution in [0.2, 0.25) is 0 Å². The molecule has 1 aromatic carbocycles. The van der Waals surface area contributed by atoms with Gasteiger partial charge in [-0.2, -0.15) is 13.2 Å². The Morgan fingerprint density at radius 2 is 1.91 bits per heavy atom. The number of carboxylic acids is 1. The van der Waals surface area contributed by atoms with Crippen molar-refractivity contribution in [1.82, 2.24) is 14.3 Å². The van der Waals surface area contributed by atoms with Gasteiger partial charge in [0.05, 0.1) is 12.0 Å². The quantitative estimate of drug-likeness (QED) is 0.555. The Bertz CT molecular complexity index is 1230. The zero-order valence-corrected chi connectivity index (χ0v) is 18.3. The normalized spacial score (nSPS) is 14.0. The molecule has 0 radical (unpaired) electrons. The maximum absolute atomic E-state index is 13.5. The highest BCUT2D eigenvalue weighted by molar-refractivity contribution is 5.84. The molecule has 1 N–H and O–H groups in total. The molecule has 1 amide bonds. The standard InChI is InChI=1S/C24H24F3N3O3/c1-3-29(23(33)15-4-5-15)13-16-10-17(24(25,26)27)6-7-19(16)20-11-18(12-21(31)32)30-9-8-14(2)28-22(20)30/h6-11,15H,3-5,12-13H2,1-2H3,(H,31,32). The number of halogens is 3. The van der Waals surface area contributed by atoms with Gasteiger partial charge in [-0.05, 0) is 62.1 Å². The monoisotopic (exact) mass is 459 g/mol. The van der Waals surface area contributed by atoms with Crippen LogP contribution in [0.25, 0.3) is 16.8 Å². The Kier molecular flexibility index (Phi) is 5.90. The van der Waals surface area contributed by atoms with Crippen molar-refractivity contribution in [2.24, 2.45) is 5.92 Å². The molecule has 9 heteroatoms. The van der Waals surface area contributed by atoms with Crippen LogP contribution in [-0.4, -0.2) is 37.8 Å². The molecule has 33 heavy (non-hydrogen) atoms. The van der Waals surface area contributed by atoms with Crippen molar-refractivity contribution in [3.8, 4) is 11.1 Å². The number of carbonyl (C=O) groups excluding carboxylic acids is 1. The number of rotatable bonds is 7. The molecule has 0 bridgehead atoms. The molecule has 2 aromatic heterocycles. The number of nitrogens with zero attached hydrogens (tertiary/aromatic N) is 3. The third kappa shape index (κ3) is 4.72. The van der Waals surface area contributed by atoms with Crippen LogP contribution in [0.15, 0.2) is 36.5 Å². The molecule has 1 saturated carbocycles. The lowest BCUT2D eigenvalue weighted by Gasteiger charge is -2.23. The SMILES string of the molecule is CCN(Cc1cc(C(F)(F)F)ccc1-c1cc(CC(=O)O)n2ccc(C)nc12)C(=O)C1CC1. The minimum atomic E-state index is -4.53. The molecule has 0 saturated heterocycles. The van der Waals surface area contributed by atoms with Crippen LogP contribution in [0.4, 0.5) is 13.2 Å². The van der Waals surface area contributed by atoms with E-state index in [0.717, 1.165) is 25.0 Å². The Morgan fingerprint density at radius 1 is 1.18 bits per heavy atom. The van der Waals surface area contributed by atoms with Gasteiger partial charge in [-0.25, -0.2) is 4.98 Å². The maximum Gasteiger partial charge on any atom is 0.416 e. The van der Waals surface area contributed by atoms with Gasteiger partial charge in [0.1, 0.15) is 5.65 Å². The average molecular weight is 459 g/mol. The molecule has 3 aromatic rings. The summed E-state index contributed by atoms with van der Waals surface area (Å²) in [6, 6.07) is 6.86. The van der Waals surface area contributed by atoms with E-state index < -0.39 is 17.7 Å². The van der Waals surface area contributed by atoms with Gasteiger partial charge in [-0.1, -0.05) is 6.07 Å². The molecule has 1 fully saturated rings. The number of aromatic nitrogens is 2. The second-order valence-electron chi connectivity index (χ2n) is 8.38. The minimum absolute atomic E-state index is 0.0303.